The summed E-state index contributed by atoms with van der Waals surface area (Å²) in [5, 5.41) is 34.9. The van der Waals surface area contributed by atoms with Gasteiger partial charge >= 0.3 is 17.9 Å². The molecule has 5 aliphatic rings. The van der Waals surface area contributed by atoms with Crippen molar-refractivity contribution in [3.05, 3.63) is 23.8 Å². The number of likely N-dealkylation sites (N-methyl/N-ethyl adjacent to an activating group) is 2. The summed E-state index contributed by atoms with van der Waals surface area (Å²) in [6.07, 6.45) is -6.31. The molecule has 460 valence electrons. The molecule has 5 heterocycles. The third-order valence-electron chi connectivity index (χ3n) is 16.8. The van der Waals surface area contributed by atoms with Gasteiger partial charge in [0, 0.05) is 83.8 Å². The van der Waals surface area contributed by atoms with E-state index in [-0.39, 0.29) is 43.5 Å². The molecule has 0 aliphatic carbocycles. The van der Waals surface area contributed by atoms with Crippen molar-refractivity contribution in [3.8, 4) is 0 Å². The van der Waals surface area contributed by atoms with Gasteiger partial charge in [-0.15, -0.1) is 0 Å². The van der Waals surface area contributed by atoms with Crippen LogP contribution in [0.4, 0.5) is 0 Å². The van der Waals surface area contributed by atoms with E-state index in [0.717, 1.165) is 38.3 Å². The number of carbonyl (C=O) groups excluding carboxylic acids is 4. The third kappa shape index (κ3) is 18.5. The molecule has 0 radical (unpaired) electrons. The van der Waals surface area contributed by atoms with Crippen LogP contribution in [-0.4, -0.2) is 226 Å². The molecule has 4 saturated heterocycles. The Morgan fingerprint density at radius 3 is 2.09 bits per heavy atom. The van der Waals surface area contributed by atoms with Crippen LogP contribution in [0.25, 0.3) is 0 Å². The SMILES string of the molecule is CC[C@H]1OC(=O)C[C@@H](OC(C)=O)C(C)[C@@H](O[C@@H]2O[C@H](C)[C@@H](O[C@@H]3C[C@@H](C)[C@H](OC(=O)CC(C)C)[C@](C)(O)O3)[C@H](N(C)C)[C@H]2O)[C@@H](CCN2CCN(CC)CC2)C[C@@H](C)C(=O)/C=C/C(C)=C/[C@@H]1CO[C@@H]1O[C@H](C)[C@@H](O)[C@@H](OC)[C@H]1OC. The van der Waals surface area contributed by atoms with Crippen LogP contribution in [-0.2, 0) is 71.3 Å². The molecule has 1 unspecified atom stereocenters. The van der Waals surface area contributed by atoms with E-state index < -0.39 is 139 Å². The van der Waals surface area contributed by atoms with Gasteiger partial charge in [-0.05, 0) is 92.1 Å². The molecule has 0 amide bonds. The molecule has 80 heavy (non-hydrogen) atoms. The second-order valence-electron chi connectivity index (χ2n) is 24.0. The molecular weight excluding hydrogens is 1040 g/mol. The lowest BCUT2D eigenvalue weighted by molar-refractivity contribution is -0.378. The normalized spacial score (nSPS) is 40.7. The van der Waals surface area contributed by atoms with Crippen molar-refractivity contribution in [3.63, 3.8) is 0 Å². The maximum Gasteiger partial charge on any atom is 0.309 e. The highest BCUT2D eigenvalue weighted by atomic mass is 16.8. The first-order chi connectivity index (χ1) is 37.7. The molecule has 21 heteroatoms. The number of ether oxygens (including phenoxy) is 11. The highest BCUT2D eigenvalue weighted by Crippen LogP contribution is 2.40. The first-order valence-electron chi connectivity index (χ1n) is 29.3. The number of hydrogen-bond acceptors (Lipinski definition) is 21. The van der Waals surface area contributed by atoms with Crippen LogP contribution >= 0.6 is 0 Å². The summed E-state index contributed by atoms with van der Waals surface area (Å²) in [6, 6.07) is -0.755. The van der Waals surface area contributed by atoms with Gasteiger partial charge in [-0.3, -0.25) is 19.2 Å². The van der Waals surface area contributed by atoms with E-state index in [9.17, 15) is 34.5 Å². The van der Waals surface area contributed by atoms with Crippen LogP contribution in [0.3, 0.4) is 0 Å². The summed E-state index contributed by atoms with van der Waals surface area (Å²) in [7, 11) is 6.58. The number of aliphatic hydroxyl groups excluding tert-OH is 2. The number of rotatable bonds is 19. The van der Waals surface area contributed by atoms with E-state index in [1.165, 1.54) is 28.1 Å². The van der Waals surface area contributed by atoms with Crippen molar-refractivity contribution < 1.29 is 86.6 Å². The zero-order chi connectivity index (χ0) is 59.3. The second-order valence-corrected chi connectivity index (χ2v) is 24.0. The molecule has 5 aliphatic heterocycles. The number of esters is 3. The Labute approximate surface area is 476 Å². The first kappa shape index (κ1) is 67.8. The van der Waals surface area contributed by atoms with Crippen molar-refractivity contribution >= 4 is 23.7 Å². The summed E-state index contributed by atoms with van der Waals surface area (Å²) >= 11 is 0. The Balaban J connectivity index is 1.49. The smallest absolute Gasteiger partial charge is 0.309 e. The van der Waals surface area contributed by atoms with Crippen LogP contribution in [0.5, 0.6) is 0 Å². The number of ketones is 1. The number of piperazine rings is 1. The molecule has 0 saturated carbocycles. The van der Waals surface area contributed by atoms with Crippen molar-refractivity contribution in [2.24, 2.45) is 35.5 Å². The summed E-state index contributed by atoms with van der Waals surface area (Å²) < 4.78 is 68.5. The van der Waals surface area contributed by atoms with Gasteiger partial charge in [0.2, 0.25) is 5.79 Å². The summed E-state index contributed by atoms with van der Waals surface area (Å²) in [5.41, 5.74) is 0.722. The largest absolute Gasteiger partial charge is 0.462 e. The van der Waals surface area contributed by atoms with Crippen molar-refractivity contribution in [1.29, 1.82) is 0 Å². The lowest BCUT2D eigenvalue weighted by atomic mass is 9.79. The molecule has 21 atom stereocenters. The highest BCUT2D eigenvalue weighted by Gasteiger charge is 2.53. The number of carbonyl (C=O) groups is 4. The van der Waals surface area contributed by atoms with Crippen LogP contribution in [0, 0.1) is 35.5 Å². The molecule has 0 bridgehead atoms. The van der Waals surface area contributed by atoms with Gasteiger partial charge in [-0.2, -0.15) is 0 Å². The fourth-order valence-corrected chi connectivity index (χ4v) is 12.2. The molecule has 0 aromatic rings. The predicted octanol–water partition coefficient (Wildman–Crippen LogP) is 4.65. The van der Waals surface area contributed by atoms with E-state index in [1.54, 1.807) is 19.1 Å². The Bertz CT molecular complexity index is 2020. The topological polar surface area (TPSA) is 240 Å². The van der Waals surface area contributed by atoms with Crippen molar-refractivity contribution in [1.82, 2.24) is 14.7 Å². The average molecular weight is 1140 g/mol. The van der Waals surface area contributed by atoms with Gasteiger partial charge in [0.05, 0.1) is 37.4 Å². The van der Waals surface area contributed by atoms with Gasteiger partial charge in [-0.25, -0.2) is 0 Å². The lowest BCUT2D eigenvalue weighted by Crippen LogP contribution is -2.65. The Morgan fingerprint density at radius 1 is 0.850 bits per heavy atom. The fraction of sp³-hybridized carbons (Fsp3) is 0.864. The maximum atomic E-state index is 14.5. The summed E-state index contributed by atoms with van der Waals surface area (Å²) in [5.74, 6) is -6.21. The quantitative estimate of drug-likeness (QED) is 0.118. The minimum atomic E-state index is -1.88. The summed E-state index contributed by atoms with van der Waals surface area (Å²) in [6.45, 7) is 26.7. The highest BCUT2D eigenvalue weighted by molar-refractivity contribution is 5.91. The molecule has 0 aromatic heterocycles. The van der Waals surface area contributed by atoms with Crippen molar-refractivity contribution in [2.75, 3.05) is 74.2 Å². The lowest BCUT2D eigenvalue weighted by Gasteiger charge is -2.50. The monoisotopic (exact) mass is 1140 g/mol. The molecule has 0 spiro atoms. The van der Waals surface area contributed by atoms with Crippen LogP contribution in [0.15, 0.2) is 23.8 Å². The van der Waals surface area contributed by atoms with Crippen molar-refractivity contribution in [2.45, 2.75) is 219 Å². The maximum absolute atomic E-state index is 14.5. The van der Waals surface area contributed by atoms with E-state index >= 15 is 0 Å². The van der Waals surface area contributed by atoms with Gasteiger partial charge in [0.1, 0.15) is 42.7 Å². The minimum Gasteiger partial charge on any atom is -0.462 e. The average Bonchev–Trinajstić information content (AvgIpc) is 3.38. The zero-order valence-corrected chi connectivity index (χ0v) is 50.9. The number of methoxy groups -OCH3 is 2. The molecule has 5 rings (SSSR count). The molecule has 4 fully saturated rings. The van der Waals surface area contributed by atoms with Gasteiger partial charge in [-0.1, -0.05) is 66.2 Å². The zero-order valence-electron chi connectivity index (χ0n) is 50.9. The molecule has 21 nitrogen and oxygen atoms in total. The Kier molecular flexibility index (Phi) is 26.5. The molecule has 3 N–H and O–H groups in total. The molecular formula is C59H101N3O18. The third-order valence-corrected chi connectivity index (χ3v) is 16.8. The van der Waals surface area contributed by atoms with Gasteiger partial charge in [0.25, 0.3) is 0 Å². The minimum absolute atomic E-state index is 0.00822. The first-order valence-corrected chi connectivity index (χ1v) is 29.3. The van der Waals surface area contributed by atoms with Crippen LogP contribution in [0.1, 0.15) is 122 Å². The van der Waals surface area contributed by atoms with E-state index in [0.29, 0.717) is 25.8 Å². The van der Waals surface area contributed by atoms with Crippen LogP contribution in [0.2, 0.25) is 0 Å². The second kappa shape index (κ2) is 31.2. The predicted molar refractivity (Wildman–Crippen MR) is 295 cm³/mol. The standard InChI is InChI=1S/C59H101N3O18/c1-17-44-42(32-72-58-55(71-16)54(70-15)50(67)38(9)73-58)28-34(5)19-20-43(64)35(6)29-41(21-22-62-25-23-61(18-2)24-26-62)52(37(8)45(75-40(11)63)31-47(66)76-44)79-57-51(68)49(60(13)14)53(39(10)74-57)78-48-30-36(7)56(59(12,69)80-48)77-46(65)27-33(3)4/h19-20,28,33,35-39,41-42,44-45,48-58,67-69H,17-18,21-27,29-32H2,1-16H3/b20-19+,34-28+/t35-,36-,37?,38-,39-,41+,42-,44-,45-,48+,49-,50-,51-,52-,53-,54-,55-,56+,57+,58-,59-/m1/s1. The van der Waals surface area contributed by atoms with Gasteiger partial charge < -0.3 is 82.1 Å². The Hall–Kier alpha value is -3.00. The fourth-order valence-electron chi connectivity index (χ4n) is 12.2. The van der Waals surface area contributed by atoms with Crippen LogP contribution < -0.4 is 0 Å². The number of aliphatic hydroxyl groups is 3. The number of allylic oxidation sites excluding steroid dienone is 3. The number of cyclic esters (lactones) is 1. The molecule has 0 aromatic carbocycles. The van der Waals surface area contributed by atoms with Gasteiger partial charge in [0.15, 0.2) is 30.8 Å². The Morgan fingerprint density at radius 2 is 1.50 bits per heavy atom. The van der Waals surface area contributed by atoms with E-state index in [1.807, 2.05) is 80.5 Å². The van der Waals surface area contributed by atoms with E-state index in [2.05, 4.69) is 16.7 Å². The number of nitrogens with zero attached hydrogens (tertiary/aromatic N) is 3. The summed E-state index contributed by atoms with van der Waals surface area (Å²) in [4.78, 5) is 61.4. The van der Waals surface area contributed by atoms with E-state index in [4.69, 9.17) is 52.1 Å². The number of hydrogen-bond donors (Lipinski definition) is 3.